The first-order valence-electron chi connectivity index (χ1n) is 9.64. The topological polar surface area (TPSA) is 163 Å². The second-order valence-corrected chi connectivity index (χ2v) is 9.12. The number of carboxylic acid groups (broad SMARTS) is 2. The number of fused-ring (bicyclic) bond motifs is 1. The second-order valence-electron chi connectivity index (χ2n) is 7.13. The van der Waals surface area contributed by atoms with E-state index >= 15 is 0 Å². The molecule has 186 valence electrons. The van der Waals surface area contributed by atoms with Crippen molar-refractivity contribution in [1.29, 1.82) is 0 Å². The normalized spacial score (nSPS) is 19.2. The Morgan fingerprint density at radius 3 is 2.43 bits per heavy atom. The summed E-state index contributed by atoms with van der Waals surface area (Å²) >= 11 is 2.76. The highest BCUT2D eigenvalue weighted by atomic mass is 32.2. The Balaban J connectivity index is 0.000000429. The van der Waals surface area contributed by atoms with E-state index in [0.29, 0.717) is 22.6 Å². The number of halogens is 3. The van der Waals surface area contributed by atoms with Gasteiger partial charge in [-0.3, -0.25) is 19.5 Å². The molecule has 3 heterocycles. The molecule has 2 aromatic rings. The summed E-state index contributed by atoms with van der Waals surface area (Å²) in [6.07, 6.45) is -3.43. The van der Waals surface area contributed by atoms with Crippen LogP contribution in [0.1, 0.15) is 10.4 Å². The number of carboxylic acids is 2. The van der Waals surface area contributed by atoms with Gasteiger partial charge in [0.25, 0.3) is 5.91 Å². The maximum Gasteiger partial charge on any atom is 0.490 e. The number of thioether (sulfide) groups is 1. The molecule has 1 fully saturated rings. The van der Waals surface area contributed by atoms with Crippen LogP contribution in [-0.4, -0.2) is 67.2 Å². The van der Waals surface area contributed by atoms with E-state index in [-0.39, 0.29) is 18.0 Å². The Labute approximate surface area is 203 Å². The molecule has 35 heavy (non-hydrogen) atoms. The fourth-order valence-electron chi connectivity index (χ4n) is 3.27. The van der Waals surface area contributed by atoms with E-state index in [0.717, 1.165) is 4.88 Å². The van der Waals surface area contributed by atoms with E-state index in [9.17, 15) is 32.7 Å². The van der Waals surface area contributed by atoms with Crippen molar-refractivity contribution < 1.29 is 42.6 Å². The number of aromatic nitrogens is 1. The van der Waals surface area contributed by atoms with Gasteiger partial charge in [0.2, 0.25) is 5.91 Å². The predicted octanol–water partition coefficient (Wildman–Crippen LogP) is 1.80. The highest BCUT2D eigenvalue weighted by molar-refractivity contribution is 8.00. The van der Waals surface area contributed by atoms with Gasteiger partial charge in [-0.05, 0) is 11.6 Å². The van der Waals surface area contributed by atoms with Gasteiger partial charge in [0, 0.05) is 23.2 Å². The molecule has 10 nitrogen and oxygen atoms in total. The zero-order valence-electron chi connectivity index (χ0n) is 17.5. The van der Waals surface area contributed by atoms with Gasteiger partial charge in [-0.2, -0.15) is 13.2 Å². The Hall–Kier alpha value is -3.59. The Morgan fingerprint density at radius 2 is 1.89 bits per heavy atom. The van der Waals surface area contributed by atoms with Crippen molar-refractivity contribution in [3.05, 3.63) is 52.1 Å². The number of hydrogen-bond donors (Lipinski definition) is 4. The summed E-state index contributed by atoms with van der Waals surface area (Å²) in [4.78, 5) is 51.7. The van der Waals surface area contributed by atoms with Crippen LogP contribution in [0.15, 0.2) is 41.7 Å². The molecule has 0 saturated carbocycles. The number of aliphatic carboxylic acids is 2. The van der Waals surface area contributed by atoms with E-state index in [1.54, 1.807) is 36.0 Å². The quantitative estimate of drug-likeness (QED) is 0.333. The number of carbonyl (C=O) groups excluding carboxylic acids is 2. The highest BCUT2D eigenvalue weighted by Gasteiger charge is 2.54. The van der Waals surface area contributed by atoms with Gasteiger partial charge in [-0.15, -0.1) is 23.1 Å². The molecule has 1 aromatic carbocycles. The van der Waals surface area contributed by atoms with Crippen molar-refractivity contribution >= 4 is 58.1 Å². The van der Waals surface area contributed by atoms with Crippen molar-refractivity contribution in [1.82, 2.24) is 15.2 Å². The smallest absolute Gasteiger partial charge is 0.477 e. The van der Waals surface area contributed by atoms with Crippen LogP contribution in [0.4, 0.5) is 18.9 Å². The van der Waals surface area contributed by atoms with Crippen LogP contribution in [0.25, 0.3) is 5.57 Å². The second kappa shape index (κ2) is 10.4. The Bertz CT molecular complexity index is 1190. The number of amides is 2. The number of rotatable bonds is 5. The average Bonchev–Trinajstić information content (AvgIpc) is 3.32. The Kier molecular flexibility index (Phi) is 7.70. The minimum atomic E-state index is -5.08. The largest absolute Gasteiger partial charge is 0.490 e. The molecule has 0 aliphatic carbocycles. The van der Waals surface area contributed by atoms with Crippen molar-refractivity contribution in [3.8, 4) is 0 Å². The van der Waals surface area contributed by atoms with Crippen LogP contribution in [0, 0.1) is 0 Å². The summed E-state index contributed by atoms with van der Waals surface area (Å²) in [7, 11) is 0. The van der Waals surface area contributed by atoms with Gasteiger partial charge in [-0.25, -0.2) is 9.59 Å². The molecule has 0 bridgehead atoms. The summed E-state index contributed by atoms with van der Waals surface area (Å²) in [5.41, 5.74) is 9.21. The molecule has 2 aliphatic heterocycles. The lowest BCUT2D eigenvalue weighted by molar-refractivity contribution is -0.192. The molecule has 2 aliphatic rings. The molecule has 2 atom stereocenters. The molecule has 2 amide bonds. The molecule has 4 rings (SSSR count). The third kappa shape index (κ3) is 5.74. The molecular formula is C20H17F3N4O6S2. The number of nitrogens with two attached hydrogens (primary N) is 1. The Morgan fingerprint density at radius 1 is 1.23 bits per heavy atom. The number of nitrogen functional groups attached to an aromatic ring is 1. The van der Waals surface area contributed by atoms with E-state index < -0.39 is 35.4 Å². The molecule has 0 spiro atoms. The first kappa shape index (κ1) is 26.0. The number of nitrogens with zero attached hydrogens (tertiary/aromatic N) is 2. The first-order chi connectivity index (χ1) is 16.4. The zero-order valence-corrected chi connectivity index (χ0v) is 19.1. The molecule has 5 N–H and O–H groups in total. The maximum absolute atomic E-state index is 12.6. The zero-order chi connectivity index (χ0) is 25.9. The third-order valence-corrected chi connectivity index (χ3v) is 6.98. The summed E-state index contributed by atoms with van der Waals surface area (Å²) in [5.74, 6) is -4.25. The monoisotopic (exact) mass is 530 g/mol. The number of benzene rings is 1. The fraction of sp³-hybridized carbons (Fsp3) is 0.250. The van der Waals surface area contributed by atoms with Crippen LogP contribution in [0.2, 0.25) is 0 Å². The van der Waals surface area contributed by atoms with Gasteiger partial charge < -0.3 is 21.3 Å². The number of anilines is 1. The van der Waals surface area contributed by atoms with Crippen LogP contribution in [0.3, 0.4) is 0 Å². The van der Waals surface area contributed by atoms with Gasteiger partial charge in [-0.1, -0.05) is 18.2 Å². The van der Waals surface area contributed by atoms with Crippen molar-refractivity contribution in [2.45, 2.75) is 24.0 Å². The third-order valence-electron chi connectivity index (χ3n) is 4.87. The van der Waals surface area contributed by atoms with Gasteiger partial charge in [0.15, 0.2) is 0 Å². The van der Waals surface area contributed by atoms with Gasteiger partial charge in [0.05, 0.1) is 16.8 Å². The molecule has 2 unspecified atom stereocenters. The van der Waals surface area contributed by atoms with E-state index in [4.69, 9.17) is 15.6 Å². The number of nitrogens with one attached hydrogen (secondary N) is 1. The lowest BCUT2D eigenvalue weighted by atomic mass is 10.0. The van der Waals surface area contributed by atoms with Crippen LogP contribution in [-0.2, 0) is 25.6 Å². The predicted molar refractivity (Wildman–Crippen MR) is 120 cm³/mol. The lowest BCUT2D eigenvalue weighted by Crippen LogP contribution is -2.70. The summed E-state index contributed by atoms with van der Waals surface area (Å²) < 4.78 is 31.7. The van der Waals surface area contributed by atoms with Crippen LogP contribution >= 0.6 is 23.1 Å². The number of carbonyl (C=O) groups is 4. The molecule has 1 saturated heterocycles. The van der Waals surface area contributed by atoms with Crippen molar-refractivity contribution in [2.75, 3.05) is 11.5 Å². The van der Waals surface area contributed by atoms with Crippen molar-refractivity contribution in [3.63, 3.8) is 0 Å². The number of alkyl halides is 3. The molecule has 1 aromatic heterocycles. The number of hydrogen-bond acceptors (Lipinski definition) is 8. The average molecular weight is 531 g/mol. The lowest BCUT2D eigenvalue weighted by Gasteiger charge is -2.49. The number of thiazole rings is 1. The van der Waals surface area contributed by atoms with Crippen LogP contribution < -0.4 is 11.1 Å². The number of para-hydroxylation sites is 1. The molecule has 0 radical (unpaired) electrons. The highest BCUT2D eigenvalue weighted by Crippen LogP contribution is 2.43. The van der Waals surface area contributed by atoms with Crippen LogP contribution in [0.5, 0.6) is 0 Å². The van der Waals surface area contributed by atoms with E-state index in [1.807, 2.05) is 0 Å². The first-order valence-corrected chi connectivity index (χ1v) is 11.6. The minimum absolute atomic E-state index is 0.0317. The van der Waals surface area contributed by atoms with Gasteiger partial charge >= 0.3 is 18.1 Å². The minimum Gasteiger partial charge on any atom is -0.477 e. The summed E-state index contributed by atoms with van der Waals surface area (Å²) in [5, 5.41) is 19.1. The standard InChI is InChI=1S/C18H16N4O4S2.C2HF3O2/c19-11-4-2-1-3-9(11)5-13(23)21-14-16(24)22-15(18(25)26)10(7-27-17(14)22)12-6-20-8-28-12;3-2(4,5)1(6)7/h1-4,6,8,14,17H,5,7,19H2,(H,21,23)(H,25,26);(H,6,7). The number of β-lactam (4-membered cyclic amide) rings is 1. The maximum atomic E-state index is 12.6. The SMILES string of the molecule is Nc1ccccc1CC(=O)NC1C(=O)N2C(C(=O)O)=C(c3cncs3)CSC12.O=C(O)C(F)(F)F. The summed E-state index contributed by atoms with van der Waals surface area (Å²) in [6.45, 7) is 0. The van der Waals surface area contributed by atoms with E-state index in [1.165, 1.54) is 28.0 Å². The molecular weight excluding hydrogens is 513 g/mol. The van der Waals surface area contributed by atoms with Crippen molar-refractivity contribution in [2.24, 2.45) is 0 Å². The van der Waals surface area contributed by atoms with Gasteiger partial charge in [0.1, 0.15) is 17.1 Å². The fourth-order valence-corrected chi connectivity index (χ4v) is 5.39. The van der Waals surface area contributed by atoms with E-state index in [2.05, 4.69) is 10.3 Å². The molecule has 15 heteroatoms. The summed E-state index contributed by atoms with van der Waals surface area (Å²) in [6, 6.07) is 6.28.